The van der Waals surface area contributed by atoms with Crippen molar-refractivity contribution in [2.75, 3.05) is 18.4 Å². The molecular formula is C11H12BrF4N3O. The Kier molecular flexibility index (Phi) is 5.73. The summed E-state index contributed by atoms with van der Waals surface area (Å²) in [6, 6.07) is 1.36. The van der Waals surface area contributed by atoms with E-state index in [1.54, 1.807) is 12.2 Å². The SMILES string of the molecule is CCNc1ncc(Br)cc1C(=O)NCC(F)(F)C(F)F. The van der Waals surface area contributed by atoms with Gasteiger partial charge in [-0.1, -0.05) is 0 Å². The largest absolute Gasteiger partial charge is 0.370 e. The van der Waals surface area contributed by atoms with Gasteiger partial charge < -0.3 is 10.6 Å². The molecule has 4 nitrogen and oxygen atoms in total. The molecule has 1 aromatic rings. The van der Waals surface area contributed by atoms with E-state index in [-0.39, 0.29) is 11.4 Å². The number of anilines is 1. The summed E-state index contributed by atoms with van der Waals surface area (Å²) in [6.07, 6.45) is -2.42. The number of halogens is 5. The Morgan fingerprint density at radius 1 is 1.50 bits per heavy atom. The molecule has 0 saturated heterocycles. The van der Waals surface area contributed by atoms with Crippen LogP contribution >= 0.6 is 15.9 Å². The molecule has 0 aromatic carbocycles. The van der Waals surface area contributed by atoms with Gasteiger partial charge in [0.05, 0.1) is 12.1 Å². The number of rotatable bonds is 6. The molecule has 2 N–H and O–H groups in total. The van der Waals surface area contributed by atoms with Crippen LogP contribution in [0.3, 0.4) is 0 Å². The van der Waals surface area contributed by atoms with E-state index in [2.05, 4.69) is 26.2 Å². The lowest BCUT2D eigenvalue weighted by atomic mass is 10.2. The number of carbonyl (C=O) groups excluding carboxylic acids is 1. The summed E-state index contributed by atoms with van der Waals surface area (Å²) in [5.74, 6) is -4.99. The number of hydrogen-bond acceptors (Lipinski definition) is 3. The Bertz CT molecular complexity index is 485. The minimum absolute atomic E-state index is 0.00806. The highest BCUT2D eigenvalue weighted by Crippen LogP contribution is 2.22. The van der Waals surface area contributed by atoms with Gasteiger partial charge in [0.15, 0.2) is 0 Å². The van der Waals surface area contributed by atoms with Crippen molar-refractivity contribution in [2.24, 2.45) is 0 Å². The Labute approximate surface area is 121 Å². The molecule has 0 atom stereocenters. The Hall–Kier alpha value is -1.38. The van der Waals surface area contributed by atoms with Crippen molar-refractivity contribution in [2.45, 2.75) is 19.3 Å². The van der Waals surface area contributed by atoms with E-state index in [4.69, 9.17) is 0 Å². The van der Waals surface area contributed by atoms with Gasteiger partial charge >= 0.3 is 12.3 Å². The van der Waals surface area contributed by atoms with Crippen LogP contribution in [0, 0.1) is 0 Å². The Balaban J connectivity index is 2.84. The van der Waals surface area contributed by atoms with Crippen LogP contribution < -0.4 is 10.6 Å². The highest BCUT2D eigenvalue weighted by molar-refractivity contribution is 9.10. The maximum absolute atomic E-state index is 12.7. The van der Waals surface area contributed by atoms with E-state index in [0.29, 0.717) is 11.0 Å². The van der Waals surface area contributed by atoms with E-state index in [1.807, 2.05) is 0 Å². The maximum Gasteiger partial charge on any atom is 0.324 e. The third-order valence-electron chi connectivity index (χ3n) is 2.25. The van der Waals surface area contributed by atoms with Gasteiger partial charge in [0.2, 0.25) is 0 Å². The van der Waals surface area contributed by atoms with Crippen molar-refractivity contribution >= 4 is 27.7 Å². The van der Waals surface area contributed by atoms with E-state index in [9.17, 15) is 22.4 Å². The van der Waals surface area contributed by atoms with Crippen LogP contribution in [0.5, 0.6) is 0 Å². The van der Waals surface area contributed by atoms with Crippen LogP contribution in [0.4, 0.5) is 23.4 Å². The number of aromatic nitrogens is 1. The molecule has 0 spiro atoms. The fourth-order valence-corrected chi connectivity index (χ4v) is 1.62. The zero-order chi connectivity index (χ0) is 15.3. The molecule has 1 heterocycles. The first-order chi connectivity index (χ1) is 9.27. The van der Waals surface area contributed by atoms with Crippen LogP contribution in [0.1, 0.15) is 17.3 Å². The average Bonchev–Trinajstić information content (AvgIpc) is 2.38. The van der Waals surface area contributed by atoms with Crippen molar-refractivity contribution in [3.8, 4) is 0 Å². The number of nitrogens with one attached hydrogen (secondary N) is 2. The number of amides is 1. The van der Waals surface area contributed by atoms with Gasteiger partial charge in [0.25, 0.3) is 5.91 Å². The molecule has 0 unspecified atom stereocenters. The molecule has 1 rings (SSSR count). The van der Waals surface area contributed by atoms with E-state index < -0.39 is 24.8 Å². The van der Waals surface area contributed by atoms with Gasteiger partial charge in [0, 0.05) is 17.2 Å². The van der Waals surface area contributed by atoms with Crippen LogP contribution in [0.15, 0.2) is 16.7 Å². The maximum atomic E-state index is 12.7. The summed E-state index contributed by atoms with van der Waals surface area (Å²) < 4.78 is 49.9. The van der Waals surface area contributed by atoms with Crippen LogP contribution in [0.25, 0.3) is 0 Å². The van der Waals surface area contributed by atoms with Gasteiger partial charge in [-0.2, -0.15) is 8.78 Å². The van der Waals surface area contributed by atoms with E-state index in [1.165, 1.54) is 12.3 Å². The second-order valence-electron chi connectivity index (χ2n) is 3.82. The predicted molar refractivity (Wildman–Crippen MR) is 69.4 cm³/mol. The summed E-state index contributed by atoms with van der Waals surface area (Å²) in [6.45, 7) is 0.778. The number of alkyl halides is 4. The summed E-state index contributed by atoms with van der Waals surface area (Å²) in [5.41, 5.74) is -0.00806. The third kappa shape index (κ3) is 4.32. The highest BCUT2D eigenvalue weighted by atomic mass is 79.9. The fourth-order valence-electron chi connectivity index (χ4n) is 1.29. The van der Waals surface area contributed by atoms with Crippen LogP contribution in [0.2, 0.25) is 0 Å². The first kappa shape index (κ1) is 16.7. The number of hydrogen-bond donors (Lipinski definition) is 2. The standard InChI is InChI=1S/C11H12BrF4N3O/c1-2-17-8-7(3-6(12)4-18-8)9(20)19-5-11(15,16)10(13)14/h3-4,10H,2,5H2,1H3,(H,17,18)(H,19,20). The molecule has 20 heavy (non-hydrogen) atoms. The molecule has 0 radical (unpaired) electrons. The van der Waals surface area contributed by atoms with Gasteiger partial charge in [-0.15, -0.1) is 0 Å². The first-order valence-electron chi connectivity index (χ1n) is 5.61. The summed E-state index contributed by atoms with van der Waals surface area (Å²) in [4.78, 5) is 15.7. The summed E-state index contributed by atoms with van der Waals surface area (Å²) in [5, 5.41) is 4.55. The van der Waals surface area contributed by atoms with Crippen molar-refractivity contribution in [1.29, 1.82) is 0 Å². The quantitative estimate of drug-likeness (QED) is 0.769. The van der Waals surface area contributed by atoms with Crippen molar-refractivity contribution in [3.63, 3.8) is 0 Å². The molecular weight excluding hydrogens is 346 g/mol. The highest BCUT2D eigenvalue weighted by Gasteiger charge is 2.41. The van der Waals surface area contributed by atoms with Crippen LogP contribution in [-0.4, -0.2) is 36.3 Å². The molecule has 112 valence electrons. The van der Waals surface area contributed by atoms with Crippen molar-refractivity contribution < 1.29 is 22.4 Å². The molecule has 1 amide bonds. The molecule has 1 aromatic heterocycles. The molecule has 0 fully saturated rings. The minimum Gasteiger partial charge on any atom is -0.370 e. The lowest BCUT2D eigenvalue weighted by Crippen LogP contribution is -2.41. The number of pyridine rings is 1. The summed E-state index contributed by atoms with van der Waals surface area (Å²) >= 11 is 3.09. The fraction of sp³-hybridized carbons (Fsp3) is 0.455. The predicted octanol–water partition coefficient (Wildman–Crippen LogP) is 2.91. The minimum atomic E-state index is -4.27. The lowest BCUT2D eigenvalue weighted by molar-refractivity contribution is -0.123. The Morgan fingerprint density at radius 3 is 2.70 bits per heavy atom. The number of carbonyl (C=O) groups is 1. The normalized spacial score (nSPS) is 11.6. The third-order valence-corrected chi connectivity index (χ3v) is 2.68. The first-order valence-corrected chi connectivity index (χ1v) is 6.40. The summed E-state index contributed by atoms with van der Waals surface area (Å²) in [7, 11) is 0. The smallest absolute Gasteiger partial charge is 0.324 e. The monoisotopic (exact) mass is 357 g/mol. The zero-order valence-electron chi connectivity index (χ0n) is 10.4. The molecule has 0 aliphatic heterocycles. The molecule has 9 heteroatoms. The van der Waals surface area contributed by atoms with Gasteiger partial charge in [-0.05, 0) is 28.9 Å². The Morgan fingerprint density at radius 2 is 2.15 bits per heavy atom. The molecule has 0 aliphatic rings. The van der Waals surface area contributed by atoms with Crippen molar-refractivity contribution in [3.05, 3.63) is 22.3 Å². The van der Waals surface area contributed by atoms with Gasteiger partial charge in [-0.3, -0.25) is 4.79 Å². The van der Waals surface area contributed by atoms with Gasteiger partial charge in [0.1, 0.15) is 5.82 Å². The average molecular weight is 358 g/mol. The lowest BCUT2D eigenvalue weighted by Gasteiger charge is -2.16. The molecule has 0 aliphatic carbocycles. The molecule has 0 saturated carbocycles. The van der Waals surface area contributed by atoms with E-state index >= 15 is 0 Å². The topological polar surface area (TPSA) is 54.0 Å². The van der Waals surface area contributed by atoms with Crippen molar-refractivity contribution in [1.82, 2.24) is 10.3 Å². The second kappa shape index (κ2) is 6.87. The van der Waals surface area contributed by atoms with Crippen LogP contribution in [-0.2, 0) is 0 Å². The number of nitrogens with zero attached hydrogens (tertiary/aromatic N) is 1. The van der Waals surface area contributed by atoms with Gasteiger partial charge in [-0.25, -0.2) is 13.8 Å². The second-order valence-corrected chi connectivity index (χ2v) is 4.74. The zero-order valence-corrected chi connectivity index (χ0v) is 12.0. The molecule has 0 bridgehead atoms. The van der Waals surface area contributed by atoms with E-state index in [0.717, 1.165) is 0 Å².